The predicted octanol–water partition coefficient (Wildman–Crippen LogP) is 3.55. The van der Waals surface area contributed by atoms with Crippen LogP contribution in [0, 0.1) is 6.92 Å². The van der Waals surface area contributed by atoms with E-state index >= 15 is 0 Å². The van der Waals surface area contributed by atoms with Crippen LogP contribution in [0.2, 0.25) is 0 Å². The van der Waals surface area contributed by atoms with Gasteiger partial charge in [-0.2, -0.15) is 15.4 Å². The van der Waals surface area contributed by atoms with Gasteiger partial charge in [0.25, 0.3) is 0 Å². The molecule has 3 heterocycles. The Bertz CT molecular complexity index is 1160. The van der Waals surface area contributed by atoms with Crippen LogP contribution in [0.15, 0.2) is 36.4 Å². The molecule has 2 aromatic carbocycles. The van der Waals surface area contributed by atoms with Gasteiger partial charge in [0.1, 0.15) is 16.9 Å². The summed E-state index contributed by atoms with van der Waals surface area (Å²) >= 11 is 0. The first-order valence-electron chi connectivity index (χ1n) is 9.48. The van der Waals surface area contributed by atoms with Gasteiger partial charge in [-0.25, -0.2) is 9.78 Å². The Morgan fingerprint density at radius 3 is 2.93 bits per heavy atom. The van der Waals surface area contributed by atoms with Crippen molar-refractivity contribution in [2.45, 2.75) is 25.7 Å². The maximum absolute atomic E-state index is 12.8. The number of carbonyl (C=O) groups is 1. The number of nitrogens with zero attached hydrogens (tertiary/aromatic N) is 4. The van der Waals surface area contributed by atoms with Gasteiger partial charge in [0, 0.05) is 24.7 Å². The Balaban J connectivity index is 1.31. The number of rotatable bonds is 2. The second kappa shape index (κ2) is 6.63. The number of likely N-dealkylation sites (tertiary alicyclic amines) is 1. The number of anilines is 1. The second-order valence-electron chi connectivity index (χ2n) is 7.39. The molecule has 1 atom stereocenters. The number of imidazole rings is 1. The van der Waals surface area contributed by atoms with Crippen molar-refractivity contribution in [2.75, 3.05) is 18.4 Å². The Morgan fingerprint density at radius 2 is 2.00 bits per heavy atom. The van der Waals surface area contributed by atoms with Gasteiger partial charge in [0.2, 0.25) is 0 Å². The van der Waals surface area contributed by atoms with Gasteiger partial charge in [-0.3, -0.25) is 0 Å². The van der Waals surface area contributed by atoms with E-state index in [4.69, 9.17) is 4.98 Å². The Morgan fingerprint density at radius 1 is 1.14 bits per heavy atom. The lowest BCUT2D eigenvalue weighted by atomic mass is 9.97. The van der Waals surface area contributed by atoms with Crippen molar-refractivity contribution < 1.29 is 4.79 Å². The smallest absolute Gasteiger partial charge is 0.321 e. The summed E-state index contributed by atoms with van der Waals surface area (Å²) in [5, 5.41) is 13.7. The van der Waals surface area contributed by atoms with Gasteiger partial charge in [-0.05, 0) is 55.7 Å². The summed E-state index contributed by atoms with van der Waals surface area (Å²) in [6.45, 7) is 3.47. The highest BCUT2D eigenvalue weighted by atomic mass is 16.2. The fourth-order valence-corrected chi connectivity index (χ4v) is 3.84. The van der Waals surface area contributed by atoms with E-state index < -0.39 is 0 Å². The van der Waals surface area contributed by atoms with E-state index in [0.717, 1.165) is 47.3 Å². The molecule has 0 bridgehead atoms. The average Bonchev–Trinajstić information content (AvgIpc) is 3.34. The molecule has 0 unspecified atom stereocenters. The standard InChI is InChI=1S/C20H21N7O/c1-12-4-6-15-17(9-12)23-19(22-15)13-3-2-8-27(11-13)20(28)21-14-5-7-16-18(10-14)25-26-24-16/h4-7,9-10,13H,2-3,8,11H2,1H3,(H,21,28)(H,22,23)(H,24,25,26)/t13-/m1/s1. The van der Waals surface area contributed by atoms with Gasteiger partial charge in [0.15, 0.2) is 0 Å². The summed E-state index contributed by atoms with van der Waals surface area (Å²) in [5.41, 5.74) is 5.45. The summed E-state index contributed by atoms with van der Waals surface area (Å²) in [6, 6.07) is 11.6. The number of nitrogens with one attached hydrogen (secondary N) is 3. The molecular weight excluding hydrogens is 354 g/mol. The van der Waals surface area contributed by atoms with E-state index in [2.05, 4.69) is 44.8 Å². The number of benzene rings is 2. The minimum Gasteiger partial charge on any atom is -0.342 e. The topological polar surface area (TPSA) is 103 Å². The summed E-state index contributed by atoms with van der Waals surface area (Å²) < 4.78 is 0. The number of hydrogen-bond acceptors (Lipinski definition) is 4. The minimum absolute atomic E-state index is 0.0977. The number of urea groups is 1. The molecule has 8 heteroatoms. The van der Waals surface area contributed by atoms with Crippen molar-refractivity contribution in [3.05, 3.63) is 47.8 Å². The lowest BCUT2D eigenvalue weighted by Crippen LogP contribution is -2.41. The fraction of sp³-hybridized carbons (Fsp3) is 0.300. The molecule has 2 aromatic heterocycles. The van der Waals surface area contributed by atoms with Crippen molar-refractivity contribution in [1.29, 1.82) is 0 Å². The molecule has 0 aliphatic carbocycles. The quantitative estimate of drug-likeness (QED) is 0.498. The fourth-order valence-electron chi connectivity index (χ4n) is 3.84. The van der Waals surface area contributed by atoms with E-state index in [-0.39, 0.29) is 11.9 Å². The third-order valence-corrected chi connectivity index (χ3v) is 5.32. The number of hydrogen-bond donors (Lipinski definition) is 3. The first kappa shape index (κ1) is 16.7. The summed E-state index contributed by atoms with van der Waals surface area (Å²) in [5.74, 6) is 1.17. The molecule has 28 heavy (non-hydrogen) atoms. The molecule has 0 saturated carbocycles. The van der Waals surface area contributed by atoms with Gasteiger partial charge in [-0.1, -0.05) is 6.07 Å². The van der Waals surface area contributed by atoms with E-state index in [9.17, 15) is 4.79 Å². The Labute approximate surface area is 161 Å². The Kier molecular flexibility index (Phi) is 3.96. The monoisotopic (exact) mass is 375 g/mol. The molecular formula is C20H21N7O. The number of aryl methyl sites for hydroxylation is 1. The van der Waals surface area contributed by atoms with E-state index in [1.807, 2.05) is 29.2 Å². The van der Waals surface area contributed by atoms with Crippen LogP contribution < -0.4 is 5.32 Å². The first-order valence-corrected chi connectivity index (χ1v) is 9.48. The maximum Gasteiger partial charge on any atom is 0.321 e. The molecule has 4 aromatic rings. The van der Waals surface area contributed by atoms with Crippen molar-refractivity contribution in [3.8, 4) is 0 Å². The number of carbonyl (C=O) groups excluding carboxylic acids is 1. The SMILES string of the molecule is Cc1ccc2nc([C@@H]3CCCN(C(=O)Nc4ccc5n[nH]nc5c4)C3)[nH]c2c1. The Hall–Kier alpha value is -3.42. The summed E-state index contributed by atoms with van der Waals surface area (Å²) in [6.07, 6.45) is 1.98. The van der Waals surface area contributed by atoms with Crippen LogP contribution in [0.25, 0.3) is 22.1 Å². The zero-order chi connectivity index (χ0) is 19.1. The van der Waals surface area contributed by atoms with Crippen LogP contribution in [0.4, 0.5) is 10.5 Å². The number of H-pyrrole nitrogens is 2. The summed E-state index contributed by atoms with van der Waals surface area (Å²) in [7, 11) is 0. The van der Waals surface area contributed by atoms with E-state index in [0.29, 0.717) is 12.2 Å². The van der Waals surface area contributed by atoms with Crippen molar-refractivity contribution >= 4 is 33.8 Å². The van der Waals surface area contributed by atoms with Crippen molar-refractivity contribution in [3.63, 3.8) is 0 Å². The van der Waals surface area contributed by atoms with Crippen LogP contribution in [0.5, 0.6) is 0 Å². The largest absolute Gasteiger partial charge is 0.342 e. The second-order valence-corrected chi connectivity index (χ2v) is 7.39. The third-order valence-electron chi connectivity index (χ3n) is 5.32. The molecule has 3 N–H and O–H groups in total. The maximum atomic E-state index is 12.8. The molecule has 1 fully saturated rings. The van der Waals surface area contributed by atoms with Gasteiger partial charge in [-0.15, -0.1) is 0 Å². The molecule has 1 aliphatic heterocycles. The molecule has 2 amide bonds. The van der Waals surface area contributed by atoms with E-state index in [1.54, 1.807) is 0 Å². The molecule has 1 saturated heterocycles. The number of piperidine rings is 1. The van der Waals surface area contributed by atoms with Crippen molar-refractivity contribution in [2.24, 2.45) is 0 Å². The molecule has 0 radical (unpaired) electrons. The van der Waals surface area contributed by atoms with Gasteiger partial charge >= 0.3 is 6.03 Å². The van der Waals surface area contributed by atoms with E-state index in [1.165, 1.54) is 5.56 Å². The number of fused-ring (bicyclic) bond motifs is 2. The van der Waals surface area contributed by atoms with Crippen molar-refractivity contribution in [1.82, 2.24) is 30.3 Å². The normalized spacial score (nSPS) is 17.3. The highest BCUT2D eigenvalue weighted by Gasteiger charge is 2.27. The lowest BCUT2D eigenvalue weighted by Gasteiger charge is -2.31. The number of aromatic nitrogens is 5. The molecule has 0 spiro atoms. The highest BCUT2D eigenvalue weighted by molar-refractivity contribution is 5.91. The number of aromatic amines is 2. The van der Waals surface area contributed by atoms with Crippen LogP contribution in [-0.2, 0) is 0 Å². The highest BCUT2D eigenvalue weighted by Crippen LogP contribution is 2.27. The molecule has 1 aliphatic rings. The average molecular weight is 375 g/mol. The van der Waals surface area contributed by atoms with Crippen LogP contribution in [-0.4, -0.2) is 49.4 Å². The third kappa shape index (κ3) is 3.06. The molecule has 5 rings (SSSR count). The molecule has 8 nitrogen and oxygen atoms in total. The zero-order valence-corrected chi connectivity index (χ0v) is 15.6. The van der Waals surface area contributed by atoms with Gasteiger partial charge < -0.3 is 15.2 Å². The lowest BCUT2D eigenvalue weighted by molar-refractivity contribution is 0.191. The molecule has 142 valence electrons. The van der Waals surface area contributed by atoms with Crippen LogP contribution >= 0.6 is 0 Å². The zero-order valence-electron chi connectivity index (χ0n) is 15.6. The van der Waals surface area contributed by atoms with Crippen LogP contribution in [0.1, 0.15) is 30.1 Å². The van der Waals surface area contributed by atoms with Crippen LogP contribution in [0.3, 0.4) is 0 Å². The summed E-state index contributed by atoms with van der Waals surface area (Å²) in [4.78, 5) is 22.8. The van der Waals surface area contributed by atoms with Gasteiger partial charge in [0.05, 0.1) is 11.0 Å². The predicted molar refractivity (Wildman–Crippen MR) is 107 cm³/mol. The first-order chi connectivity index (χ1) is 13.7. The minimum atomic E-state index is -0.0977. The number of amides is 2.